The minimum atomic E-state index is -4.63. The van der Waals surface area contributed by atoms with Gasteiger partial charge < -0.3 is 48.3 Å². The third kappa shape index (κ3) is 19.2. The number of amides is 3. The van der Waals surface area contributed by atoms with Crippen LogP contribution in [0.1, 0.15) is 64.8 Å². The van der Waals surface area contributed by atoms with Crippen molar-refractivity contribution in [3.05, 3.63) is 220 Å². The summed E-state index contributed by atoms with van der Waals surface area (Å²) in [4.78, 5) is 59.5. The Morgan fingerprint density at radius 1 is 0.386 bits per heavy atom. The molecule has 0 aliphatic rings. The zero-order valence-corrected chi connectivity index (χ0v) is 48.1. The Hall–Kier alpha value is -10.6. The third-order valence-electron chi connectivity index (χ3n) is 11.8. The van der Waals surface area contributed by atoms with Crippen molar-refractivity contribution in [2.45, 2.75) is 39.3 Å². The molecule has 0 radical (unpaired) electrons. The number of anilines is 11. The highest BCUT2D eigenvalue weighted by atomic mass is 35.5. The second-order valence-corrected chi connectivity index (χ2v) is 18.7. The number of nitrogen functional groups attached to an aromatic ring is 1. The molecule has 0 aliphatic carbocycles. The highest BCUT2D eigenvalue weighted by Crippen LogP contribution is 2.40. The lowest BCUT2D eigenvalue weighted by molar-refractivity contribution is -0.138. The number of aromatic nitrogens is 6. The molecule has 0 bridgehead atoms. The van der Waals surface area contributed by atoms with E-state index in [-0.39, 0.29) is 67.6 Å². The molecule has 10 N–H and O–H groups in total. The lowest BCUT2D eigenvalue weighted by Crippen LogP contribution is -2.19. The van der Waals surface area contributed by atoms with Crippen molar-refractivity contribution in [1.82, 2.24) is 45.9 Å². The Kier molecular flexibility index (Phi) is 22.7. The van der Waals surface area contributed by atoms with E-state index in [0.717, 1.165) is 35.5 Å². The van der Waals surface area contributed by atoms with E-state index in [9.17, 15) is 53.9 Å². The lowest BCUT2D eigenvalue weighted by Gasteiger charge is -2.17. The molecule has 18 nitrogen and oxygen atoms in total. The van der Waals surface area contributed by atoms with Crippen LogP contribution in [0.25, 0.3) is 0 Å². The monoisotopic (exact) mass is 1240 g/mol. The average molecular weight is 1240 g/mol. The zero-order chi connectivity index (χ0) is 64.3. The minimum Gasteiger partial charge on any atom is -0.384 e. The number of carbonyl (C=O) groups excluding carboxylic acids is 3. The molecule has 6 aromatic heterocycles. The van der Waals surface area contributed by atoms with Crippen molar-refractivity contribution < 1.29 is 53.9 Å². The van der Waals surface area contributed by atoms with Crippen LogP contribution in [-0.4, -0.2) is 68.8 Å². The largest absolute Gasteiger partial charge is 0.419 e. The maximum atomic E-state index is 13.5. The quantitative estimate of drug-likeness (QED) is 0.0385. The highest BCUT2D eigenvalue weighted by Gasteiger charge is 2.37. The van der Waals surface area contributed by atoms with Gasteiger partial charge in [-0.1, -0.05) is 66.2 Å². The van der Waals surface area contributed by atoms with E-state index in [1.807, 2.05) is 19.1 Å². The Morgan fingerprint density at radius 2 is 0.705 bits per heavy atom. The minimum absolute atomic E-state index is 0.0899. The summed E-state index contributed by atoms with van der Waals surface area (Å²) >= 11 is 5.67. The van der Waals surface area contributed by atoms with Crippen LogP contribution >= 0.6 is 11.6 Å². The number of hydrogen-bond acceptors (Lipinski definition) is 15. The van der Waals surface area contributed by atoms with Gasteiger partial charge in [-0.25, -0.2) is 29.9 Å². The number of halogens is 10. The smallest absolute Gasteiger partial charge is 0.384 e. The van der Waals surface area contributed by atoms with Crippen molar-refractivity contribution in [3.8, 4) is 0 Å². The second kappa shape index (κ2) is 30.0. The molecule has 9 rings (SSSR count). The molecule has 9 aromatic rings. The first kappa shape index (κ1) is 66.6. The van der Waals surface area contributed by atoms with Crippen LogP contribution in [0.3, 0.4) is 0 Å². The fourth-order valence-corrected chi connectivity index (χ4v) is 7.88. The van der Waals surface area contributed by atoms with Gasteiger partial charge in [0.05, 0.1) is 67.5 Å². The Morgan fingerprint density at radius 3 is 1.01 bits per heavy atom. The van der Waals surface area contributed by atoms with E-state index < -0.39 is 52.9 Å². The number of benzene rings is 3. The molecule has 88 heavy (non-hydrogen) atoms. The summed E-state index contributed by atoms with van der Waals surface area (Å²) < 4.78 is 120. The second-order valence-electron chi connectivity index (χ2n) is 18.3. The number of rotatable bonds is 13. The van der Waals surface area contributed by atoms with Crippen molar-refractivity contribution >= 4 is 92.5 Å². The summed E-state index contributed by atoms with van der Waals surface area (Å²) in [5.74, 6) is 0.591. The first-order valence-electron chi connectivity index (χ1n) is 25.9. The number of nitrogens with two attached hydrogens (primary N) is 1. The third-order valence-corrected chi connectivity index (χ3v) is 12.0. The van der Waals surface area contributed by atoms with Gasteiger partial charge in [0, 0.05) is 68.9 Å². The summed E-state index contributed by atoms with van der Waals surface area (Å²) in [6.45, 7) is 5.51. The molecule has 0 atom stereocenters. The topological polar surface area (TPSA) is 251 Å². The van der Waals surface area contributed by atoms with Crippen LogP contribution in [-0.2, 0) is 18.5 Å². The summed E-state index contributed by atoms with van der Waals surface area (Å²) in [6.07, 6.45) is -11.7. The molecular weight excluding hydrogens is 1190 g/mol. The summed E-state index contributed by atoms with van der Waals surface area (Å²) in [5.41, 5.74) is 5.55. The van der Waals surface area contributed by atoms with E-state index >= 15 is 0 Å². The zero-order valence-electron chi connectivity index (χ0n) is 47.4. The Bertz CT molecular complexity index is 3710. The molecule has 0 unspecified atom stereocenters. The van der Waals surface area contributed by atoms with Crippen molar-refractivity contribution in [1.29, 1.82) is 0 Å². The molecule has 0 aliphatic heterocycles. The summed E-state index contributed by atoms with van der Waals surface area (Å²) in [6, 6.07) is 38.4. The molecule has 3 aromatic carbocycles. The average Bonchev–Trinajstić information content (AvgIpc) is 2.51. The number of alkyl halides is 9. The molecular formula is C60H55ClF9N15O3. The molecule has 28 heteroatoms. The van der Waals surface area contributed by atoms with Gasteiger partial charge in [0.15, 0.2) is 0 Å². The van der Waals surface area contributed by atoms with Gasteiger partial charge in [0.1, 0.15) is 34.2 Å². The summed E-state index contributed by atoms with van der Waals surface area (Å²) in [7, 11) is 4.33. The van der Waals surface area contributed by atoms with E-state index in [0.29, 0.717) is 23.7 Å². The lowest BCUT2D eigenvalue weighted by atomic mass is 10.1. The van der Waals surface area contributed by atoms with Crippen molar-refractivity contribution in [3.63, 3.8) is 0 Å². The van der Waals surface area contributed by atoms with Gasteiger partial charge in [-0.2, -0.15) is 39.5 Å². The normalized spacial score (nSPS) is 10.9. The summed E-state index contributed by atoms with van der Waals surface area (Å²) in [5, 5.41) is 21.1. The van der Waals surface area contributed by atoms with Crippen LogP contribution in [0.15, 0.2) is 164 Å². The van der Waals surface area contributed by atoms with Gasteiger partial charge in [0.25, 0.3) is 17.7 Å². The number of para-hydroxylation sites is 3. The molecule has 0 saturated carbocycles. The number of aryl methyl sites for hydroxylation is 3. The Balaban J connectivity index is 0.000000199. The first-order chi connectivity index (χ1) is 41.7. The molecule has 0 spiro atoms. The molecule has 6 heterocycles. The Labute approximate surface area is 503 Å². The standard InChI is InChI=1S/2C20H18F3N5O.C14H11ClF3N3O.C6H8N2/c2*1-12-6-5-9-17(26-12)28-18-10-16(14(11-25-18)20(21,22)23)27-15-8-4-3-7-13(15)19(29)24-2;1-19-13(22)8-4-2-3-5-10(8)21-11-6-12(15)20-7-9(11)14(16,17)18;1-5-3-2-4-6(7)8-5/h2*3-11H,1-2H3,(H,24,29)(H2,25,26,27,28);2-7H,1H3,(H,19,22)(H,20,21);2-4H,1H3,(H2,7,8). The van der Waals surface area contributed by atoms with Gasteiger partial charge in [-0.05, 0) is 99.6 Å². The van der Waals surface area contributed by atoms with Gasteiger partial charge in [-0.15, -0.1) is 0 Å². The fraction of sp³-hybridized carbons (Fsp3) is 0.150. The number of hydrogen-bond donors (Lipinski definition) is 9. The fourth-order valence-electron chi connectivity index (χ4n) is 7.73. The number of pyridine rings is 6. The SMILES string of the molecule is CNC(=O)c1ccccc1Nc1cc(Cl)ncc1C(F)(F)F.CNC(=O)c1ccccc1Nc1cc(Nc2cccc(C)n2)ncc1C(F)(F)F.CNC(=O)c1ccccc1Nc1cc(Nc2cccc(C)n2)ncc1C(F)(F)F.Cc1cccc(N)n1. The van der Waals surface area contributed by atoms with Crippen LogP contribution in [0.2, 0.25) is 5.15 Å². The number of nitrogens with one attached hydrogen (secondary N) is 8. The maximum Gasteiger partial charge on any atom is 0.419 e. The predicted octanol–water partition coefficient (Wildman–Crippen LogP) is 14.1. The van der Waals surface area contributed by atoms with Crippen molar-refractivity contribution in [2.75, 3.05) is 53.5 Å². The molecule has 458 valence electrons. The van der Waals surface area contributed by atoms with Crippen LogP contribution in [0, 0.1) is 20.8 Å². The molecule has 3 amide bonds. The highest BCUT2D eigenvalue weighted by molar-refractivity contribution is 6.29. The van der Waals surface area contributed by atoms with E-state index in [1.165, 1.54) is 69.7 Å². The van der Waals surface area contributed by atoms with Crippen molar-refractivity contribution in [2.24, 2.45) is 0 Å². The van der Waals surface area contributed by atoms with E-state index in [4.69, 9.17) is 17.3 Å². The van der Waals surface area contributed by atoms with Gasteiger partial charge >= 0.3 is 18.5 Å². The number of nitrogens with zero attached hydrogens (tertiary/aromatic N) is 6. The van der Waals surface area contributed by atoms with E-state index in [1.54, 1.807) is 92.7 Å². The maximum absolute atomic E-state index is 13.5. The van der Waals surface area contributed by atoms with Crippen LogP contribution in [0.5, 0.6) is 0 Å². The van der Waals surface area contributed by atoms with Gasteiger partial charge in [-0.3, -0.25) is 14.4 Å². The number of carbonyl (C=O) groups is 3. The van der Waals surface area contributed by atoms with Gasteiger partial charge in [0.2, 0.25) is 0 Å². The van der Waals surface area contributed by atoms with E-state index in [2.05, 4.69) is 72.4 Å². The first-order valence-corrected chi connectivity index (χ1v) is 26.3. The predicted molar refractivity (Wildman–Crippen MR) is 320 cm³/mol. The molecule has 0 saturated heterocycles. The molecule has 0 fully saturated rings. The van der Waals surface area contributed by atoms with Crippen LogP contribution < -0.4 is 48.3 Å². The van der Waals surface area contributed by atoms with Crippen LogP contribution in [0.4, 0.5) is 103 Å².